The second-order valence-corrected chi connectivity index (χ2v) is 6.27. The van der Waals surface area contributed by atoms with Crippen LogP contribution in [0, 0.1) is 13.8 Å². The highest BCUT2D eigenvalue weighted by Crippen LogP contribution is 2.36. The van der Waals surface area contributed by atoms with Crippen molar-refractivity contribution in [3.63, 3.8) is 0 Å². The number of benzene rings is 2. The van der Waals surface area contributed by atoms with Crippen molar-refractivity contribution in [1.82, 2.24) is 0 Å². The normalized spacial score (nSPS) is 21.6. The van der Waals surface area contributed by atoms with Crippen LogP contribution >= 0.6 is 0 Å². The van der Waals surface area contributed by atoms with Crippen molar-refractivity contribution in [2.75, 3.05) is 0 Å². The summed E-state index contributed by atoms with van der Waals surface area (Å²) >= 11 is 0. The van der Waals surface area contributed by atoms with Crippen molar-refractivity contribution < 1.29 is 0 Å². The number of rotatable bonds is 2. The lowest BCUT2D eigenvalue weighted by Gasteiger charge is -2.36. The van der Waals surface area contributed by atoms with E-state index in [-0.39, 0.29) is 5.54 Å². The molecule has 1 aliphatic carbocycles. The number of hydrogen-bond acceptors (Lipinski definition) is 1. The van der Waals surface area contributed by atoms with Gasteiger partial charge in [-0.05, 0) is 61.8 Å². The van der Waals surface area contributed by atoms with E-state index in [4.69, 9.17) is 5.73 Å². The van der Waals surface area contributed by atoms with E-state index in [1.165, 1.54) is 40.7 Å². The molecule has 0 spiro atoms. The maximum atomic E-state index is 6.82. The molecule has 2 aromatic rings. The molecular weight excluding hydrogens is 242 g/mol. The van der Waals surface area contributed by atoms with E-state index < -0.39 is 0 Å². The van der Waals surface area contributed by atoms with E-state index in [0.717, 1.165) is 12.8 Å². The zero-order chi connectivity index (χ0) is 14.2. The van der Waals surface area contributed by atoms with Crippen LogP contribution in [0.3, 0.4) is 0 Å². The van der Waals surface area contributed by atoms with Crippen molar-refractivity contribution in [2.45, 2.75) is 45.1 Å². The average molecular weight is 265 g/mol. The summed E-state index contributed by atoms with van der Waals surface area (Å²) in [7, 11) is 0. The van der Waals surface area contributed by atoms with E-state index in [0.29, 0.717) is 0 Å². The summed E-state index contributed by atoms with van der Waals surface area (Å²) in [6, 6.07) is 15.4. The summed E-state index contributed by atoms with van der Waals surface area (Å²) in [5, 5.41) is 0. The Balaban J connectivity index is 2.00. The molecule has 1 atom stereocenters. The molecule has 1 aliphatic rings. The zero-order valence-electron chi connectivity index (χ0n) is 12.4. The molecule has 2 aromatic carbocycles. The zero-order valence-corrected chi connectivity index (χ0v) is 12.4. The van der Waals surface area contributed by atoms with Crippen LogP contribution in [0.2, 0.25) is 0 Å². The van der Waals surface area contributed by atoms with Gasteiger partial charge in [0.2, 0.25) is 0 Å². The van der Waals surface area contributed by atoms with Gasteiger partial charge < -0.3 is 5.73 Å². The van der Waals surface area contributed by atoms with Crippen LogP contribution < -0.4 is 5.73 Å². The van der Waals surface area contributed by atoms with Crippen LogP contribution in [0.1, 0.15) is 40.7 Å². The molecule has 1 unspecified atom stereocenters. The molecule has 0 radical (unpaired) electrons. The molecule has 1 heteroatoms. The predicted octanol–water partition coefficient (Wildman–Crippen LogP) is 4.04. The Bertz CT molecular complexity index is 629. The number of hydrogen-bond donors (Lipinski definition) is 1. The van der Waals surface area contributed by atoms with Gasteiger partial charge in [0.05, 0.1) is 0 Å². The molecule has 2 N–H and O–H groups in total. The molecule has 0 amide bonds. The van der Waals surface area contributed by atoms with Gasteiger partial charge in [-0.3, -0.25) is 0 Å². The standard InChI is InChI=1S/C19H23N/c1-14-9-10-15(2)17(12-14)13-19(20)11-5-7-16-6-3-4-8-18(16)19/h3-4,6,8-10,12H,5,7,11,13,20H2,1-2H3. The monoisotopic (exact) mass is 265 g/mol. The highest BCUT2D eigenvalue weighted by Gasteiger charge is 2.32. The summed E-state index contributed by atoms with van der Waals surface area (Å²) in [5.74, 6) is 0. The first-order valence-electron chi connectivity index (χ1n) is 7.52. The molecule has 0 fully saturated rings. The third-order valence-corrected chi connectivity index (χ3v) is 4.63. The van der Waals surface area contributed by atoms with Crippen molar-refractivity contribution >= 4 is 0 Å². The molecule has 0 saturated carbocycles. The fourth-order valence-electron chi connectivity index (χ4n) is 3.47. The molecule has 0 saturated heterocycles. The van der Waals surface area contributed by atoms with E-state index in [9.17, 15) is 0 Å². The topological polar surface area (TPSA) is 26.0 Å². The van der Waals surface area contributed by atoms with Crippen molar-refractivity contribution in [3.05, 3.63) is 70.3 Å². The minimum atomic E-state index is -0.201. The van der Waals surface area contributed by atoms with Gasteiger partial charge in [-0.15, -0.1) is 0 Å². The lowest BCUT2D eigenvalue weighted by atomic mass is 9.73. The molecule has 20 heavy (non-hydrogen) atoms. The first-order chi connectivity index (χ1) is 9.58. The van der Waals surface area contributed by atoms with Gasteiger partial charge in [-0.25, -0.2) is 0 Å². The Morgan fingerprint density at radius 1 is 1.10 bits per heavy atom. The van der Waals surface area contributed by atoms with Crippen molar-refractivity contribution in [1.29, 1.82) is 0 Å². The molecular formula is C19H23N. The smallest absolute Gasteiger partial charge is 0.0453 e. The van der Waals surface area contributed by atoms with E-state index in [1.807, 2.05) is 0 Å². The Kier molecular flexibility index (Phi) is 3.39. The molecule has 3 rings (SSSR count). The van der Waals surface area contributed by atoms with Crippen LogP contribution in [-0.4, -0.2) is 0 Å². The second kappa shape index (κ2) is 5.06. The molecule has 0 bridgehead atoms. The summed E-state index contributed by atoms with van der Waals surface area (Å²) < 4.78 is 0. The van der Waals surface area contributed by atoms with E-state index >= 15 is 0 Å². The number of aryl methyl sites for hydroxylation is 3. The van der Waals surface area contributed by atoms with Gasteiger partial charge >= 0.3 is 0 Å². The minimum Gasteiger partial charge on any atom is -0.321 e. The Labute approximate surface area is 121 Å². The molecule has 0 aliphatic heterocycles. The first-order valence-corrected chi connectivity index (χ1v) is 7.52. The second-order valence-electron chi connectivity index (χ2n) is 6.27. The Hall–Kier alpha value is -1.60. The SMILES string of the molecule is Cc1ccc(C)c(CC2(N)CCCc3ccccc32)c1. The minimum absolute atomic E-state index is 0.201. The lowest BCUT2D eigenvalue weighted by molar-refractivity contribution is 0.369. The van der Waals surface area contributed by atoms with Crippen molar-refractivity contribution in [2.24, 2.45) is 5.73 Å². The summed E-state index contributed by atoms with van der Waals surface area (Å²) in [6.07, 6.45) is 4.38. The highest BCUT2D eigenvalue weighted by atomic mass is 14.7. The Morgan fingerprint density at radius 2 is 1.90 bits per heavy atom. The van der Waals surface area contributed by atoms with Gasteiger partial charge in [-0.1, -0.05) is 48.0 Å². The maximum absolute atomic E-state index is 6.82. The van der Waals surface area contributed by atoms with Gasteiger partial charge in [-0.2, -0.15) is 0 Å². The quantitative estimate of drug-likeness (QED) is 0.871. The maximum Gasteiger partial charge on any atom is 0.0453 e. The molecule has 104 valence electrons. The predicted molar refractivity (Wildman–Crippen MR) is 84.9 cm³/mol. The van der Waals surface area contributed by atoms with E-state index in [2.05, 4.69) is 56.3 Å². The van der Waals surface area contributed by atoms with Gasteiger partial charge in [0.1, 0.15) is 0 Å². The van der Waals surface area contributed by atoms with Crippen LogP contribution in [0.5, 0.6) is 0 Å². The third-order valence-electron chi connectivity index (χ3n) is 4.63. The fourth-order valence-corrected chi connectivity index (χ4v) is 3.47. The summed E-state index contributed by atoms with van der Waals surface area (Å²) in [6.45, 7) is 4.34. The average Bonchev–Trinajstić information content (AvgIpc) is 2.43. The number of nitrogens with two attached hydrogens (primary N) is 1. The molecule has 0 heterocycles. The van der Waals surface area contributed by atoms with Crippen LogP contribution in [-0.2, 0) is 18.4 Å². The third kappa shape index (κ3) is 2.38. The van der Waals surface area contributed by atoms with Gasteiger partial charge in [0.15, 0.2) is 0 Å². The fraction of sp³-hybridized carbons (Fsp3) is 0.368. The van der Waals surface area contributed by atoms with Crippen LogP contribution in [0.15, 0.2) is 42.5 Å². The summed E-state index contributed by atoms with van der Waals surface area (Å²) in [4.78, 5) is 0. The first kappa shape index (κ1) is 13.4. The van der Waals surface area contributed by atoms with Crippen molar-refractivity contribution in [3.8, 4) is 0 Å². The van der Waals surface area contributed by atoms with Gasteiger partial charge in [0.25, 0.3) is 0 Å². The highest BCUT2D eigenvalue weighted by molar-refractivity contribution is 5.39. The molecule has 0 aromatic heterocycles. The number of fused-ring (bicyclic) bond motifs is 1. The van der Waals surface area contributed by atoms with Crippen LogP contribution in [0.4, 0.5) is 0 Å². The largest absolute Gasteiger partial charge is 0.321 e. The van der Waals surface area contributed by atoms with Crippen LogP contribution in [0.25, 0.3) is 0 Å². The lowest BCUT2D eigenvalue weighted by Crippen LogP contribution is -2.42. The summed E-state index contributed by atoms with van der Waals surface area (Å²) in [5.41, 5.74) is 13.5. The van der Waals surface area contributed by atoms with Gasteiger partial charge in [0, 0.05) is 5.54 Å². The molecule has 1 nitrogen and oxygen atoms in total. The van der Waals surface area contributed by atoms with E-state index in [1.54, 1.807) is 0 Å². The Morgan fingerprint density at radius 3 is 2.75 bits per heavy atom.